The van der Waals surface area contributed by atoms with Crippen LogP contribution in [0.15, 0.2) is 30.3 Å². The van der Waals surface area contributed by atoms with Gasteiger partial charge in [0.2, 0.25) is 0 Å². The number of hydrogen-bond donors (Lipinski definition) is 2. The fraction of sp³-hybridized carbons (Fsp3) is 0. The number of hydrogen-bond acceptors (Lipinski definition) is 2. The first-order valence-electron chi connectivity index (χ1n) is 2.39. The maximum atomic E-state index is 8.63. The van der Waals surface area contributed by atoms with E-state index < -0.39 is 0 Å². The van der Waals surface area contributed by atoms with Gasteiger partial charge in [0, 0.05) is 16.5 Å². The van der Waals surface area contributed by atoms with E-state index in [-0.39, 0.29) is 16.5 Å². The topological polar surface area (TPSA) is 40.5 Å². The van der Waals surface area contributed by atoms with Gasteiger partial charge in [-0.05, 0) is 21.6 Å². The van der Waals surface area contributed by atoms with Crippen LogP contribution in [0.4, 0.5) is 0 Å². The molecule has 1 aromatic carbocycles. The summed E-state index contributed by atoms with van der Waals surface area (Å²) < 4.78 is 0. The van der Waals surface area contributed by atoms with E-state index in [4.69, 9.17) is 10.00 Å². The van der Waals surface area contributed by atoms with Crippen LogP contribution >= 0.6 is 9.47 Å². The molecule has 1 atom stereocenters. The summed E-state index contributed by atoms with van der Waals surface area (Å²) >= 11 is 0. The monoisotopic (exact) mass is 202 g/mol. The van der Waals surface area contributed by atoms with Crippen molar-refractivity contribution in [3.8, 4) is 5.75 Å². The van der Waals surface area contributed by atoms with Gasteiger partial charge in [-0.2, -0.15) is 0 Å². The molecular formula is C6H9NiO2P. The van der Waals surface area contributed by atoms with Crippen LogP contribution in [0.1, 0.15) is 0 Å². The molecule has 1 rings (SSSR count). The Morgan fingerprint density at radius 2 is 1.40 bits per heavy atom. The van der Waals surface area contributed by atoms with Crippen molar-refractivity contribution in [1.29, 1.82) is 0 Å². The number of aromatic hydroxyl groups is 1. The Kier molecular flexibility index (Phi) is 11.2. The number of benzene rings is 1. The minimum absolute atomic E-state index is 0. The van der Waals surface area contributed by atoms with Crippen molar-refractivity contribution in [2.24, 2.45) is 0 Å². The quantitative estimate of drug-likeness (QED) is 0.490. The standard InChI is InChI=1S/C6H6O.Ni.H3OP/c7-6-4-2-1-3-5-6;;1-2/h1-5,7H;;1H,2H2. The van der Waals surface area contributed by atoms with Crippen LogP contribution in [0, 0.1) is 0 Å². The smallest absolute Gasteiger partial charge is 0.115 e. The van der Waals surface area contributed by atoms with Gasteiger partial charge in [0.25, 0.3) is 0 Å². The SMILES string of the molecule is OP.Oc1ccccc1.[Ni]. The molecule has 0 bridgehead atoms. The number of phenols is 1. The largest absolute Gasteiger partial charge is 0.508 e. The van der Waals surface area contributed by atoms with Gasteiger partial charge in [0.05, 0.1) is 0 Å². The van der Waals surface area contributed by atoms with Crippen molar-refractivity contribution in [2.75, 3.05) is 0 Å². The Labute approximate surface area is 72.5 Å². The van der Waals surface area contributed by atoms with Gasteiger partial charge in [-0.15, -0.1) is 0 Å². The second-order valence-corrected chi connectivity index (χ2v) is 1.34. The normalized spacial score (nSPS) is 6.60. The molecule has 60 valence electrons. The zero-order valence-corrected chi connectivity index (χ0v) is 7.32. The van der Waals surface area contributed by atoms with Crippen molar-refractivity contribution >= 4 is 9.47 Å². The maximum absolute atomic E-state index is 8.63. The van der Waals surface area contributed by atoms with Gasteiger partial charge in [-0.1, -0.05) is 18.2 Å². The summed E-state index contributed by atoms with van der Waals surface area (Å²) in [4.78, 5) is 6.92. The summed E-state index contributed by atoms with van der Waals surface area (Å²) in [5.41, 5.74) is 0. The summed E-state index contributed by atoms with van der Waals surface area (Å²) in [6.45, 7) is 0. The van der Waals surface area contributed by atoms with Crippen LogP contribution in [-0.4, -0.2) is 10.00 Å². The molecule has 0 saturated carbocycles. The predicted molar refractivity (Wildman–Crippen MR) is 40.0 cm³/mol. The van der Waals surface area contributed by atoms with E-state index in [0.29, 0.717) is 5.75 Å². The van der Waals surface area contributed by atoms with Crippen molar-refractivity contribution in [3.05, 3.63) is 30.3 Å². The van der Waals surface area contributed by atoms with E-state index in [2.05, 4.69) is 0 Å². The first kappa shape index (κ1) is 12.6. The summed E-state index contributed by atoms with van der Waals surface area (Å²) in [5, 5.41) is 8.63. The Balaban J connectivity index is 0. The van der Waals surface area contributed by atoms with Gasteiger partial charge in [-0.25, -0.2) is 0 Å². The molecular weight excluding hydrogens is 194 g/mol. The molecule has 2 N–H and O–H groups in total. The second kappa shape index (κ2) is 8.90. The summed E-state index contributed by atoms with van der Waals surface area (Å²) in [7, 11) is 1.42. The molecule has 1 unspecified atom stereocenters. The third-order valence-corrected chi connectivity index (χ3v) is 0.756. The van der Waals surface area contributed by atoms with Gasteiger partial charge in [0.1, 0.15) is 5.75 Å². The van der Waals surface area contributed by atoms with Crippen molar-refractivity contribution in [3.63, 3.8) is 0 Å². The minimum atomic E-state index is 0. The fourth-order valence-corrected chi connectivity index (χ4v) is 0.428. The molecule has 0 aliphatic rings. The molecule has 0 saturated heterocycles. The number of phenolic OH excluding ortho intramolecular Hbond substituents is 1. The fourth-order valence-electron chi connectivity index (χ4n) is 0.428. The van der Waals surface area contributed by atoms with E-state index in [9.17, 15) is 0 Å². The average molecular weight is 203 g/mol. The summed E-state index contributed by atoms with van der Waals surface area (Å²) in [6.07, 6.45) is 0. The molecule has 0 heterocycles. The van der Waals surface area contributed by atoms with Crippen molar-refractivity contribution in [2.45, 2.75) is 0 Å². The maximum Gasteiger partial charge on any atom is 0.115 e. The molecule has 0 spiro atoms. The van der Waals surface area contributed by atoms with Gasteiger partial charge in [-0.3, -0.25) is 0 Å². The number of rotatable bonds is 0. The van der Waals surface area contributed by atoms with Gasteiger partial charge in [0.15, 0.2) is 0 Å². The van der Waals surface area contributed by atoms with Crippen LogP contribution in [0.2, 0.25) is 0 Å². The van der Waals surface area contributed by atoms with Gasteiger partial charge < -0.3 is 10.00 Å². The minimum Gasteiger partial charge on any atom is -0.508 e. The molecule has 0 fully saturated rings. The third kappa shape index (κ3) is 6.03. The van der Waals surface area contributed by atoms with Gasteiger partial charge >= 0.3 is 0 Å². The van der Waals surface area contributed by atoms with E-state index >= 15 is 0 Å². The van der Waals surface area contributed by atoms with E-state index in [1.165, 1.54) is 9.47 Å². The van der Waals surface area contributed by atoms with E-state index in [0.717, 1.165) is 0 Å². The van der Waals surface area contributed by atoms with Crippen molar-refractivity contribution in [1.82, 2.24) is 0 Å². The van der Waals surface area contributed by atoms with Crippen LogP contribution in [-0.2, 0) is 16.5 Å². The van der Waals surface area contributed by atoms with Crippen molar-refractivity contribution < 1.29 is 26.5 Å². The second-order valence-electron chi connectivity index (χ2n) is 1.34. The number of para-hydroxylation sites is 1. The molecule has 2 nitrogen and oxygen atoms in total. The molecule has 0 amide bonds. The Morgan fingerprint density at radius 3 is 1.60 bits per heavy atom. The zero-order chi connectivity index (χ0) is 7.11. The molecule has 0 aliphatic carbocycles. The molecule has 4 heteroatoms. The molecule has 1 aromatic rings. The first-order chi connectivity index (χ1) is 4.39. The summed E-state index contributed by atoms with van der Waals surface area (Å²) in [6, 6.07) is 8.71. The van der Waals surface area contributed by atoms with E-state index in [1.807, 2.05) is 6.07 Å². The Hall–Kier alpha value is -0.0965. The van der Waals surface area contributed by atoms with Crippen LogP contribution < -0.4 is 0 Å². The van der Waals surface area contributed by atoms with E-state index in [1.54, 1.807) is 24.3 Å². The molecule has 0 aliphatic heterocycles. The van der Waals surface area contributed by atoms with Crippen LogP contribution in [0.5, 0.6) is 5.75 Å². The third-order valence-electron chi connectivity index (χ3n) is 0.756. The molecule has 10 heavy (non-hydrogen) atoms. The van der Waals surface area contributed by atoms with Crippen LogP contribution in [0.3, 0.4) is 0 Å². The Bertz CT molecular complexity index is 146. The first-order valence-corrected chi connectivity index (χ1v) is 2.91. The molecule has 0 radical (unpaired) electrons. The predicted octanol–water partition coefficient (Wildman–Crippen LogP) is 1.16. The summed E-state index contributed by atoms with van der Waals surface area (Å²) in [5.74, 6) is 0.322. The average Bonchev–Trinajstić information content (AvgIpc) is 1.94. The van der Waals surface area contributed by atoms with Crippen LogP contribution in [0.25, 0.3) is 0 Å². The molecule has 0 aromatic heterocycles. The Morgan fingerprint density at radius 1 is 1.00 bits per heavy atom. The zero-order valence-electron chi connectivity index (χ0n) is 5.17.